The number of hydrogen-bond acceptors (Lipinski definition) is 2. The molecular weight excluding hydrogens is 241 g/mol. The maximum absolute atomic E-state index is 13.1. The number of hydrogen-bond donors (Lipinski definition) is 2. The summed E-state index contributed by atoms with van der Waals surface area (Å²) < 4.78 is 13.9. The smallest absolute Gasteiger partial charge is 0.128 e. The highest BCUT2D eigenvalue weighted by atomic mass is 79.9. The Morgan fingerprint density at radius 3 is 2.83 bits per heavy atom. The summed E-state index contributed by atoms with van der Waals surface area (Å²) in [5, 5.41) is 0. The van der Waals surface area contributed by atoms with Gasteiger partial charge in [-0.2, -0.15) is 12.6 Å². The van der Waals surface area contributed by atoms with Gasteiger partial charge < -0.3 is 5.73 Å². The Kier molecular flexibility index (Phi) is 3.55. The van der Waals surface area contributed by atoms with Gasteiger partial charge in [0.05, 0.1) is 0 Å². The van der Waals surface area contributed by atoms with Crippen molar-refractivity contribution in [2.45, 2.75) is 6.04 Å². The van der Waals surface area contributed by atoms with Crippen LogP contribution in [0, 0.1) is 5.82 Å². The van der Waals surface area contributed by atoms with Gasteiger partial charge in [-0.05, 0) is 18.2 Å². The van der Waals surface area contributed by atoms with Crippen LogP contribution in [0.1, 0.15) is 11.6 Å². The molecule has 0 aliphatic carbocycles. The second-order valence-corrected chi connectivity index (χ2v) is 3.74. The van der Waals surface area contributed by atoms with E-state index < -0.39 is 0 Å². The summed E-state index contributed by atoms with van der Waals surface area (Å²) in [6.45, 7) is 0. The zero-order valence-corrected chi connectivity index (χ0v) is 8.78. The lowest BCUT2D eigenvalue weighted by Crippen LogP contribution is -2.13. The van der Waals surface area contributed by atoms with E-state index in [1.807, 2.05) is 0 Å². The highest BCUT2D eigenvalue weighted by Gasteiger charge is 2.09. The Morgan fingerprint density at radius 1 is 1.58 bits per heavy atom. The predicted octanol–water partition coefficient (Wildman–Crippen LogP) is 2.52. The number of thiol groups is 1. The van der Waals surface area contributed by atoms with Gasteiger partial charge in [0.25, 0.3) is 0 Å². The molecular formula is C8H9BrFNS. The van der Waals surface area contributed by atoms with Gasteiger partial charge in [0.15, 0.2) is 0 Å². The third-order valence-electron chi connectivity index (χ3n) is 1.55. The maximum atomic E-state index is 13.1. The third-order valence-corrected chi connectivity index (χ3v) is 2.44. The van der Waals surface area contributed by atoms with Gasteiger partial charge in [-0.1, -0.05) is 15.9 Å². The molecule has 0 aliphatic heterocycles. The number of rotatable bonds is 2. The first-order chi connectivity index (χ1) is 5.65. The molecule has 1 atom stereocenters. The summed E-state index contributed by atoms with van der Waals surface area (Å²) in [4.78, 5) is 0. The van der Waals surface area contributed by atoms with Crippen LogP contribution in [0.4, 0.5) is 4.39 Å². The maximum Gasteiger partial charge on any atom is 0.128 e. The van der Waals surface area contributed by atoms with E-state index in [4.69, 9.17) is 5.73 Å². The average molecular weight is 250 g/mol. The zero-order valence-electron chi connectivity index (χ0n) is 6.30. The molecule has 0 saturated heterocycles. The van der Waals surface area contributed by atoms with E-state index >= 15 is 0 Å². The molecule has 0 saturated carbocycles. The van der Waals surface area contributed by atoms with Gasteiger partial charge in [0, 0.05) is 21.8 Å². The molecule has 0 amide bonds. The van der Waals surface area contributed by atoms with Crippen LogP contribution in [0.2, 0.25) is 0 Å². The minimum absolute atomic E-state index is 0.278. The summed E-state index contributed by atoms with van der Waals surface area (Å²) in [7, 11) is 0. The van der Waals surface area contributed by atoms with Crippen molar-refractivity contribution in [3.63, 3.8) is 0 Å². The largest absolute Gasteiger partial charge is 0.323 e. The zero-order chi connectivity index (χ0) is 9.14. The van der Waals surface area contributed by atoms with E-state index in [0.717, 1.165) is 4.47 Å². The third kappa shape index (κ3) is 2.21. The molecule has 0 fully saturated rings. The second kappa shape index (κ2) is 4.25. The van der Waals surface area contributed by atoms with Crippen molar-refractivity contribution in [2.24, 2.45) is 5.73 Å². The van der Waals surface area contributed by atoms with E-state index in [2.05, 4.69) is 28.6 Å². The molecule has 1 rings (SSSR count). The van der Waals surface area contributed by atoms with Crippen molar-refractivity contribution in [3.8, 4) is 0 Å². The van der Waals surface area contributed by atoms with Gasteiger partial charge >= 0.3 is 0 Å². The lowest BCUT2D eigenvalue weighted by molar-refractivity contribution is 0.595. The molecule has 0 heterocycles. The molecule has 1 aromatic carbocycles. The van der Waals surface area contributed by atoms with Gasteiger partial charge in [-0.25, -0.2) is 4.39 Å². The summed E-state index contributed by atoms with van der Waals surface area (Å²) in [5.74, 6) is 0.160. The van der Waals surface area contributed by atoms with Crippen LogP contribution in [0.3, 0.4) is 0 Å². The van der Waals surface area contributed by atoms with Crippen LogP contribution < -0.4 is 5.73 Å². The fourth-order valence-corrected chi connectivity index (χ4v) is 1.47. The van der Waals surface area contributed by atoms with Crippen LogP contribution in [-0.4, -0.2) is 5.75 Å². The minimum Gasteiger partial charge on any atom is -0.323 e. The predicted molar refractivity (Wildman–Crippen MR) is 54.9 cm³/mol. The summed E-state index contributed by atoms with van der Waals surface area (Å²) in [6.07, 6.45) is 0. The molecule has 2 N–H and O–H groups in total. The number of nitrogens with two attached hydrogens (primary N) is 1. The lowest BCUT2D eigenvalue weighted by atomic mass is 10.1. The van der Waals surface area contributed by atoms with E-state index in [9.17, 15) is 4.39 Å². The quantitative estimate of drug-likeness (QED) is 0.775. The number of benzene rings is 1. The number of halogens is 2. The molecule has 0 aliphatic rings. The average Bonchev–Trinajstić information content (AvgIpc) is 2.08. The Bertz CT molecular complexity index is 280. The molecule has 1 aromatic rings. The van der Waals surface area contributed by atoms with Crippen LogP contribution in [0.5, 0.6) is 0 Å². The summed E-state index contributed by atoms with van der Waals surface area (Å²) in [6, 6.07) is 4.37. The second-order valence-electron chi connectivity index (χ2n) is 2.45. The van der Waals surface area contributed by atoms with Crippen molar-refractivity contribution >= 4 is 28.6 Å². The molecule has 0 spiro atoms. The molecule has 0 bridgehead atoms. The highest BCUT2D eigenvalue weighted by Crippen LogP contribution is 2.20. The van der Waals surface area contributed by atoms with Crippen molar-refractivity contribution in [3.05, 3.63) is 34.1 Å². The molecule has 1 unspecified atom stereocenters. The first-order valence-electron chi connectivity index (χ1n) is 3.46. The molecule has 66 valence electrons. The lowest BCUT2D eigenvalue weighted by Gasteiger charge is -2.09. The van der Waals surface area contributed by atoms with Crippen molar-refractivity contribution in [1.82, 2.24) is 0 Å². The van der Waals surface area contributed by atoms with Crippen molar-refractivity contribution in [2.75, 3.05) is 5.75 Å². The standard InChI is InChI=1S/C8H9BrFNS/c9-5-1-2-7(10)6(3-5)8(11)4-12/h1-3,8,12H,4,11H2. The minimum atomic E-state index is -0.342. The first kappa shape index (κ1) is 10.0. The van der Waals surface area contributed by atoms with Crippen LogP contribution >= 0.6 is 28.6 Å². The Labute approximate surface area is 84.7 Å². The Hall–Kier alpha value is -0.0600. The van der Waals surface area contributed by atoms with Crippen LogP contribution in [0.25, 0.3) is 0 Å². The highest BCUT2D eigenvalue weighted by molar-refractivity contribution is 9.10. The first-order valence-corrected chi connectivity index (χ1v) is 4.89. The molecule has 0 radical (unpaired) electrons. The van der Waals surface area contributed by atoms with Gasteiger partial charge in [0.1, 0.15) is 5.82 Å². The molecule has 1 nitrogen and oxygen atoms in total. The van der Waals surface area contributed by atoms with Crippen molar-refractivity contribution < 1.29 is 4.39 Å². The molecule has 4 heteroatoms. The van der Waals surface area contributed by atoms with E-state index in [0.29, 0.717) is 11.3 Å². The molecule has 0 aromatic heterocycles. The van der Waals surface area contributed by atoms with E-state index in [-0.39, 0.29) is 11.9 Å². The Morgan fingerprint density at radius 2 is 2.25 bits per heavy atom. The molecule has 12 heavy (non-hydrogen) atoms. The van der Waals surface area contributed by atoms with E-state index in [1.165, 1.54) is 6.07 Å². The Balaban J connectivity index is 3.04. The fourth-order valence-electron chi connectivity index (χ4n) is 0.897. The fraction of sp³-hybridized carbons (Fsp3) is 0.250. The van der Waals surface area contributed by atoms with Crippen LogP contribution in [-0.2, 0) is 0 Å². The summed E-state index contributed by atoms with van der Waals surface area (Å²) >= 11 is 7.25. The van der Waals surface area contributed by atoms with Gasteiger partial charge in [-0.3, -0.25) is 0 Å². The SMILES string of the molecule is NC(CS)c1cc(Br)ccc1F. The van der Waals surface area contributed by atoms with E-state index in [1.54, 1.807) is 12.1 Å². The summed E-state index contributed by atoms with van der Waals surface area (Å²) in [5.41, 5.74) is 6.13. The van der Waals surface area contributed by atoms with Crippen molar-refractivity contribution in [1.29, 1.82) is 0 Å². The topological polar surface area (TPSA) is 26.0 Å². The van der Waals surface area contributed by atoms with Gasteiger partial charge in [0.2, 0.25) is 0 Å². The van der Waals surface area contributed by atoms with Gasteiger partial charge in [-0.15, -0.1) is 0 Å². The van der Waals surface area contributed by atoms with Crippen LogP contribution in [0.15, 0.2) is 22.7 Å². The monoisotopic (exact) mass is 249 g/mol. The normalized spacial score (nSPS) is 13.0.